The predicted octanol–water partition coefficient (Wildman–Crippen LogP) is 5.31. The van der Waals surface area contributed by atoms with Crippen LogP contribution in [0.2, 0.25) is 0 Å². The molecule has 4 nitrogen and oxygen atoms in total. The summed E-state index contributed by atoms with van der Waals surface area (Å²) in [6.07, 6.45) is 2.95. The molecular formula is C24H19N3OS. The van der Waals surface area contributed by atoms with Gasteiger partial charge in [0.15, 0.2) is 0 Å². The van der Waals surface area contributed by atoms with Crippen LogP contribution >= 0.6 is 11.3 Å². The number of amides is 1. The zero-order valence-electron chi connectivity index (χ0n) is 15.7. The predicted molar refractivity (Wildman–Crippen MR) is 117 cm³/mol. The van der Waals surface area contributed by atoms with Crippen molar-refractivity contribution < 1.29 is 4.79 Å². The van der Waals surface area contributed by atoms with Crippen LogP contribution < -0.4 is 10.6 Å². The van der Waals surface area contributed by atoms with E-state index in [-0.39, 0.29) is 12.1 Å². The smallest absolute Gasteiger partial charge is 0.265 e. The number of benzene rings is 2. The number of fused-ring (bicyclic) bond motifs is 4. The van der Waals surface area contributed by atoms with E-state index in [1.54, 1.807) is 0 Å². The summed E-state index contributed by atoms with van der Waals surface area (Å²) in [6, 6.07) is 20.6. The van der Waals surface area contributed by atoms with Gasteiger partial charge in [0.25, 0.3) is 5.91 Å². The van der Waals surface area contributed by atoms with Gasteiger partial charge >= 0.3 is 0 Å². The third kappa shape index (κ3) is 2.58. The molecule has 0 fully saturated rings. The first-order chi connectivity index (χ1) is 14.3. The fourth-order valence-corrected chi connectivity index (χ4v) is 5.60. The van der Waals surface area contributed by atoms with Crippen molar-refractivity contribution in [3.63, 3.8) is 0 Å². The Morgan fingerprint density at radius 1 is 0.931 bits per heavy atom. The van der Waals surface area contributed by atoms with Gasteiger partial charge in [-0.05, 0) is 41.5 Å². The van der Waals surface area contributed by atoms with Crippen LogP contribution in [-0.2, 0) is 12.8 Å². The number of nitrogens with zero attached hydrogens (tertiary/aromatic N) is 1. The van der Waals surface area contributed by atoms with Crippen molar-refractivity contribution in [2.45, 2.75) is 25.4 Å². The normalized spacial score (nSPS) is 17.5. The molecule has 1 unspecified atom stereocenters. The number of carbonyl (C=O) groups is 1. The highest BCUT2D eigenvalue weighted by Gasteiger charge is 2.32. The molecule has 2 aliphatic rings. The quantitative estimate of drug-likeness (QED) is 0.482. The Morgan fingerprint density at radius 2 is 1.69 bits per heavy atom. The minimum Gasteiger partial charge on any atom is -0.360 e. The molecule has 29 heavy (non-hydrogen) atoms. The van der Waals surface area contributed by atoms with E-state index in [4.69, 9.17) is 4.98 Å². The minimum atomic E-state index is -0.245. The average molecular weight is 398 g/mol. The van der Waals surface area contributed by atoms with E-state index >= 15 is 0 Å². The lowest BCUT2D eigenvalue weighted by molar-refractivity contribution is 0.0940. The Balaban J connectivity index is 1.62. The van der Waals surface area contributed by atoms with Gasteiger partial charge in [0.05, 0.1) is 5.69 Å². The summed E-state index contributed by atoms with van der Waals surface area (Å²) in [5.74, 6) is -0.0326. The van der Waals surface area contributed by atoms with Gasteiger partial charge in [-0.1, -0.05) is 60.7 Å². The summed E-state index contributed by atoms with van der Waals surface area (Å²) in [5.41, 5.74) is 6.94. The molecule has 0 saturated heterocycles. The number of carbonyl (C=O) groups excluding carboxylic acids is 1. The van der Waals surface area contributed by atoms with E-state index in [2.05, 4.69) is 34.9 Å². The first kappa shape index (κ1) is 16.7. The van der Waals surface area contributed by atoms with E-state index in [0.717, 1.165) is 45.6 Å². The van der Waals surface area contributed by atoms with Crippen LogP contribution in [-0.4, -0.2) is 10.9 Å². The first-order valence-corrected chi connectivity index (χ1v) is 10.8. The Bertz CT molecular complexity index is 1250. The number of hydrogen-bond donors (Lipinski definition) is 2. The maximum atomic E-state index is 13.0. The third-order valence-electron chi connectivity index (χ3n) is 5.83. The van der Waals surface area contributed by atoms with Gasteiger partial charge in [-0.25, -0.2) is 4.98 Å². The van der Waals surface area contributed by atoms with Crippen molar-refractivity contribution in [3.8, 4) is 11.1 Å². The summed E-state index contributed by atoms with van der Waals surface area (Å²) in [4.78, 5) is 19.6. The maximum Gasteiger partial charge on any atom is 0.265 e. The van der Waals surface area contributed by atoms with E-state index in [0.29, 0.717) is 0 Å². The van der Waals surface area contributed by atoms with E-state index in [1.807, 2.05) is 36.4 Å². The van der Waals surface area contributed by atoms with Gasteiger partial charge in [0, 0.05) is 11.1 Å². The van der Waals surface area contributed by atoms with Crippen molar-refractivity contribution in [1.29, 1.82) is 0 Å². The fraction of sp³-hybridized carbons (Fsp3) is 0.167. The van der Waals surface area contributed by atoms with Crippen molar-refractivity contribution in [1.82, 2.24) is 10.3 Å². The van der Waals surface area contributed by atoms with Crippen LogP contribution in [0.3, 0.4) is 0 Å². The number of pyridine rings is 1. The topological polar surface area (TPSA) is 54.0 Å². The minimum absolute atomic E-state index is 0.0326. The number of rotatable bonds is 2. The fourth-order valence-electron chi connectivity index (χ4n) is 4.53. The average Bonchev–Trinajstić information content (AvgIpc) is 3.38. The van der Waals surface area contributed by atoms with E-state index in [1.165, 1.54) is 33.7 Å². The van der Waals surface area contributed by atoms with E-state index < -0.39 is 0 Å². The summed E-state index contributed by atoms with van der Waals surface area (Å²) in [5, 5.41) is 7.80. The number of anilines is 1. The molecule has 0 radical (unpaired) electrons. The Labute approximate surface area is 172 Å². The van der Waals surface area contributed by atoms with Gasteiger partial charge in [-0.15, -0.1) is 11.3 Å². The Hall–Kier alpha value is -3.18. The molecule has 1 aliphatic heterocycles. The molecule has 5 heteroatoms. The van der Waals surface area contributed by atoms with Crippen molar-refractivity contribution in [2.24, 2.45) is 0 Å². The molecule has 0 spiro atoms. The van der Waals surface area contributed by atoms with Crippen molar-refractivity contribution in [2.75, 3.05) is 5.32 Å². The van der Waals surface area contributed by atoms with Crippen LogP contribution in [0.4, 0.5) is 5.69 Å². The van der Waals surface area contributed by atoms with Gasteiger partial charge in [-0.2, -0.15) is 0 Å². The van der Waals surface area contributed by atoms with Crippen molar-refractivity contribution in [3.05, 3.63) is 82.4 Å². The van der Waals surface area contributed by atoms with Gasteiger partial charge < -0.3 is 10.6 Å². The van der Waals surface area contributed by atoms with Crippen LogP contribution in [0.5, 0.6) is 0 Å². The molecule has 1 aliphatic carbocycles. The van der Waals surface area contributed by atoms with Gasteiger partial charge in [-0.3, -0.25) is 4.79 Å². The molecule has 2 aromatic carbocycles. The van der Waals surface area contributed by atoms with Crippen LogP contribution in [0.1, 0.15) is 39.1 Å². The SMILES string of the molecule is O=C1NC(c2ccccc2)Nc2c1sc1nc3c(c(-c4ccccc4)c21)CCC3. The van der Waals surface area contributed by atoms with Crippen molar-refractivity contribution >= 4 is 33.1 Å². The molecule has 4 aromatic rings. The van der Waals surface area contributed by atoms with E-state index in [9.17, 15) is 4.79 Å². The highest BCUT2D eigenvalue weighted by Crippen LogP contribution is 2.47. The molecule has 3 heterocycles. The number of aryl methyl sites for hydroxylation is 1. The monoisotopic (exact) mass is 397 g/mol. The molecule has 2 N–H and O–H groups in total. The molecule has 142 valence electrons. The number of nitrogens with one attached hydrogen (secondary N) is 2. The second kappa shape index (κ2) is 6.42. The summed E-state index contributed by atoms with van der Waals surface area (Å²) < 4.78 is 0. The molecule has 1 atom stereocenters. The van der Waals surface area contributed by atoms with Gasteiger partial charge in [0.1, 0.15) is 15.9 Å². The lowest BCUT2D eigenvalue weighted by Crippen LogP contribution is -2.37. The number of thiophene rings is 1. The standard InChI is InChI=1S/C24H19N3OS/c28-23-21-20(26-22(27-23)15-10-5-2-6-11-15)19-18(14-8-3-1-4-9-14)16-12-7-13-17(16)25-24(19)29-21/h1-6,8-11,22,26H,7,12-13H2,(H,27,28). The summed E-state index contributed by atoms with van der Waals surface area (Å²) >= 11 is 1.49. The Morgan fingerprint density at radius 3 is 2.48 bits per heavy atom. The van der Waals surface area contributed by atoms with Crippen LogP contribution in [0.25, 0.3) is 21.3 Å². The largest absolute Gasteiger partial charge is 0.360 e. The molecular weight excluding hydrogens is 378 g/mol. The lowest BCUT2D eigenvalue weighted by atomic mass is 9.95. The highest BCUT2D eigenvalue weighted by atomic mass is 32.1. The maximum absolute atomic E-state index is 13.0. The second-order valence-electron chi connectivity index (χ2n) is 7.58. The summed E-state index contributed by atoms with van der Waals surface area (Å²) in [6.45, 7) is 0. The first-order valence-electron chi connectivity index (χ1n) is 9.95. The molecule has 0 bridgehead atoms. The van der Waals surface area contributed by atoms with Gasteiger partial charge in [0.2, 0.25) is 0 Å². The molecule has 0 saturated carbocycles. The molecule has 6 rings (SSSR count). The lowest BCUT2D eigenvalue weighted by Gasteiger charge is -2.27. The Kier molecular flexibility index (Phi) is 3.71. The van der Waals surface area contributed by atoms with Crippen LogP contribution in [0, 0.1) is 0 Å². The zero-order valence-corrected chi connectivity index (χ0v) is 16.6. The number of aromatic nitrogens is 1. The molecule has 2 aromatic heterocycles. The van der Waals surface area contributed by atoms with Crippen LogP contribution in [0.15, 0.2) is 60.7 Å². The highest BCUT2D eigenvalue weighted by molar-refractivity contribution is 7.21. The molecule has 1 amide bonds. The third-order valence-corrected chi connectivity index (χ3v) is 6.91. The second-order valence-corrected chi connectivity index (χ2v) is 8.58. The number of hydrogen-bond acceptors (Lipinski definition) is 4. The zero-order chi connectivity index (χ0) is 19.4. The summed E-state index contributed by atoms with van der Waals surface area (Å²) in [7, 11) is 0.